The van der Waals surface area contributed by atoms with Gasteiger partial charge in [0.2, 0.25) is 20.8 Å². The fourth-order valence-electron chi connectivity index (χ4n) is 1.93. The minimum absolute atomic E-state index is 0.382. The molecule has 0 fully saturated rings. The Morgan fingerprint density at radius 2 is 1.04 bits per heavy atom. The van der Waals surface area contributed by atoms with Gasteiger partial charge in [-0.1, -0.05) is 19.1 Å². The van der Waals surface area contributed by atoms with Crippen LogP contribution in [0.25, 0.3) is 0 Å². The lowest BCUT2D eigenvalue weighted by Gasteiger charge is -2.06. The van der Waals surface area contributed by atoms with Crippen LogP contribution in [0.2, 0.25) is 0 Å². The third kappa shape index (κ3) is 15.6. The second kappa shape index (κ2) is 11.6. The second-order valence-corrected chi connectivity index (χ2v) is 6.48. The molecule has 2 N–H and O–H groups in total. The molecule has 12 heteroatoms. The molecule has 146 valence electrons. The highest BCUT2D eigenvalue weighted by atomic mass is 32.3. The molecule has 0 spiro atoms. The van der Waals surface area contributed by atoms with Crippen LogP contribution in [0.15, 0.2) is 61.2 Å². The van der Waals surface area contributed by atoms with Gasteiger partial charge in [0.15, 0.2) is 24.8 Å². The van der Waals surface area contributed by atoms with Crippen molar-refractivity contribution in [2.24, 2.45) is 0 Å². The first-order valence-electron chi connectivity index (χ1n) is 7.20. The Bertz CT molecular complexity index is 742. The Kier molecular flexibility index (Phi) is 10.7. The van der Waals surface area contributed by atoms with Crippen molar-refractivity contribution in [1.82, 2.24) is 0 Å². The summed E-state index contributed by atoms with van der Waals surface area (Å²) in [6, 6.07) is 12.4. The van der Waals surface area contributed by atoms with Gasteiger partial charge in [-0.25, -0.2) is 16.8 Å². The Morgan fingerprint density at radius 3 is 1.27 bits per heavy atom. The summed E-state index contributed by atoms with van der Waals surface area (Å²) in [6.07, 6.45) is 11.2. The molecule has 0 aliphatic rings. The minimum atomic E-state index is -4.92. The van der Waals surface area contributed by atoms with Gasteiger partial charge in [-0.3, -0.25) is 9.11 Å². The average molecular weight is 408 g/mol. The van der Waals surface area contributed by atoms with Crippen LogP contribution in [-0.4, -0.2) is 35.0 Å². The standard InChI is InChI=1S/C14H18N2.2H2O4S/c1-2-9-14(15-10-5-3-6-11-15)16-12-7-4-8-13-16;2*1-5(2,3)4/h3-8,10-14H,2,9H2,1H3;2*(H2,1,2,3,4)/q+2;;/p-2. The van der Waals surface area contributed by atoms with Crippen LogP contribution in [0.4, 0.5) is 0 Å². The summed E-state index contributed by atoms with van der Waals surface area (Å²) in [5, 5.41) is 0. The van der Waals surface area contributed by atoms with Gasteiger partial charge in [-0.05, 0) is 6.42 Å². The van der Waals surface area contributed by atoms with Crippen molar-refractivity contribution >= 4 is 20.8 Å². The smallest absolute Gasteiger partial charge is 0.352 e. The molecule has 2 aromatic rings. The first-order chi connectivity index (χ1) is 11.9. The van der Waals surface area contributed by atoms with Gasteiger partial charge in [0, 0.05) is 24.3 Å². The van der Waals surface area contributed by atoms with E-state index in [-0.39, 0.29) is 0 Å². The third-order valence-corrected chi connectivity index (χ3v) is 2.71. The van der Waals surface area contributed by atoms with Gasteiger partial charge in [0.25, 0.3) is 0 Å². The van der Waals surface area contributed by atoms with E-state index in [0.29, 0.717) is 6.17 Å². The van der Waals surface area contributed by atoms with Gasteiger partial charge in [-0.15, -0.1) is 9.13 Å². The molecular weight excluding hydrogens is 388 g/mol. The lowest BCUT2D eigenvalue weighted by Crippen LogP contribution is -2.56. The van der Waals surface area contributed by atoms with Crippen LogP contribution in [0.5, 0.6) is 0 Å². The molecule has 0 saturated heterocycles. The van der Waals surface area contributed by atoms with Crippen molar-refractivity contribution in [3.63, 3.8) is 0 Å². The minimum Gasteiger partial charge on any atom is -0.726 e. The summed E-state index contributed by atoms with van der Waals surface area (Å²) in [7, 11) is -9.83. The number of rotatable bonds is 4. The molecule has 0 bridgehead atoms. The Labute approximate surface area is 152 Å². The molecular formula is C14H20N2O8S2. The van der Waals surface area contributed by atoms with Crippen molar-refractivity contribution in [2.45, 2.75) is 25.9 Å². The van der Waals surface area contributed by atoms with Gasteiger partial charge >= 0.3 is 6.17 Å². The zero-order chi connectivity index (χ0) is 20.2. The van der Waals surface area contributed by atoms with E-state index in [1.54, 1.807) is 0 Å². The quantitative estimate of drug-likeness (QED) is 0.409. The Hall–Kier alpha value is -1.96. The van der Waals surface area contributed by atoms with E-state index in [2.05, 4.69) is 77.2 Å². The summed E-state index contributed by atoms with van der Waals surface area (Å²) in [5.41, 5.74) is 0. The maximum atomic E-state index is 8.63. The predicted octanol–water partition coefficient (Wildman–Crippen LogP) is 0.118. The van der Waals surface area contributed by atoms with E-state index >= 15 is 0 Å². The summed E-state index contributed by atoms with van der Waals surface area (Å²) in [6.45, 7) is 2.22. The second-order valence-electron chi connectivity index (χ2n) is 4.77. The van der Waals surface area contributed by atoms with Crippen molar-refractivity contribution in [3.8, 4) is 0 Å². The molecule has 10 nitrogen and oxygen atoms in total. The zero-order valence-electron chi connectivity index (χ0n) is 13.8. The SMILES string of the molecule is CCCC([n+]1ccccc1)[n+]1ccccc1.O=S(=O)([O-])O.O=S(=O)([O-])O. The van der Waals surface area contributed by atoms with Crippen molar-refractivity contribution in [3.05, 3.63) is 61.2 Å². The molecule has 0 aliphatic carbocycles. The van der Waals surface area contributed by atoms with Gasteiger partial charge in [-0.2, -0.15) is 0 Å². The average Bonchev–Trinajstić information content (AvgIpc) is 2.51. The molecule has 0 unspecified atom stereocenters. The highest BCUT2D eigenvalue weighted by Crippen LogP contribution is 2.01. The molecule has 0 aliphatic heterocycles. The zero-order valence-corrected chi connectivity index (χ0v) is 15.5. The highest BCUT2D eigenvalue weighted by Gasteiger charge is 2.24. The van der Waals surface area contributed by atoms with E-state index in [1.165, 1.54) is 6.42 Å². The molecule has 26 heavy (non-hydrogen) atoms. The van der Waals surface area contributed by atoms with Crippen LogP contribution in [0.1, 0.15) is 25.9 Å². The predicted molar refractivity (Wildman–Crippen MR) is 87.3 cm³/mol. The van der Waals surface area contributed by atoms with Gasteiger partial charge in [0.05, 0.1) is 6.42 Å². The normalized spacial score (nSPS) is 11.0. The third-order valence-electron chi connectivity index (χ3n) is 2.71. The fraction of sp³-hybridized carbons (Fsp3) is 0.286. The van der Waals surface area contributed by atoms with E-state index in [4.69, 9.17) is 35.0 Å². The molecule has 0 amide bonds. The van der Waals surface area contributed by atoms with E-state index in [1.807, 2.05) is 0 Å². The van der Waals surface area contributed by atoms with Crippen LogP contribution < -0.4 is 9.13 Å². The van der Waals surface area contributed by atoms with Crippen molar-refractivity contribution < 1.29 is 44.2 Å². The molecule has 2 heterocycles. The lowest BCUT2D eigenvalue weighted by atomic mass is 10.2. The monoisotopic (exact) mass is 408 g/mol. The molecule has 0 radical (unpaired) electrons. The summed E-state index contributed by atoms with van der Waals surface area (Å²) in [4.78, 5) is 0. The number of pyridine rings is 2. The van der Waals surface area contributed by atoms with E-state index in [9.17, 15) is 0 Å². The van der Waals surface area contributed by atoms with Crippen LogP contribution in [0.3, 0.4) is 0 Å². The van der Waals surface area contributed by atoms with Crippen LogP contribution >= 0.6 is 0 Å². The topological polar surface area (TPSA) is 163 Å². The van der Waals surface area contributed by atoms with E-state index < -0.39 is 20.8 Å². The number of hydrogen-bond acceptors (Lipinski definition) is 6. The molecule has 0 saturated carbocycles. The van der Waals surface area contributed by atoms with Gasteiger partial charge in [0.1, 0.15) is 0 Å². The maximum absolute atomic E-state index is 8.63. The van der Waals surface area contributed by atoms with Crippen LogP contribution in [0, 0.1) is 0 Å². The van der Waals surface area contributed by atoms with Gasteiger partial charge < -0.3 is 9.11 Å². The fourth-order valence-corrected chi connectivity index (χ4v) is 1.93. The molecule has 0 atom stereocenters. The maximum Gasteiger partial charge on any atom is 0.352 e. The van der Waals surface area contributed by atoms with Crippen molar-refractivity contribution in [1.29, 1.82) is 0 Å². The number of nitrogens with zero attached hydrogens (tertiary/aromatic N) is 2. The molecule has 2 aromatic heterocycles. The first-order valence-corrected chi connectivity index (χ1v) is 9.93. The largest absolute Gasteiger partial charge is 0.726 e. The lowest BCUT2D eigenvalue weighted by molar-refractivity contribution is -0.945. The molecule has 2 rings (SSSR count). The Morgan fingerprint density at radius 1 is 0.769 bits per heavy atom. The summed E-state index contributed by atoms with van der Waals surface area (Å²) >= 11 is 0. The highest BCUT2D eigenvalue weighted by molar-refractivity contribution is 7.80. The first kappa shape index (κ1) is 24.0. The van der Waals surface area contributed by atoms with Crippen molar-refractivity contribution in [2.75, 3.05) is 0 Å². The number of aromatic nitrogens is 2. The van der Waals surface area contributed by atoms with Crippen LogP contribution in [-0.2, 0) is 20.8 Å². The van der Waals surface area contributed by atoms with E-state index in [0.717, 1.165) is 6.42 Å². The Balaban J connectivity index is 0.000000520. The number of hydrogen-bond donors (Lipinski definition) is 2. The molecule has 0 aromatic carbocycles. The summed E-state index contributed by atoms with van der Waals surface area (Å²) < 4.78 is 70.2. The summed E-state index contributed by atoms with van der Waals surface area (Å²) in [5.74, 6) is 0.